The highest BCUT2D eigenvalue weighted by Crippen LogP contribution is 2.31. The Hall–Kier alpha value is -4.06. The van der Waals surface area contributed by atoms with Crippen LogP contribution < -0.4 is 15.4 Å². The Morgan fingerprint density at radius 1 is 1.06 bits per heavy atom. The quantitative estimate of drug-likeness (QED) is 0.390. The number of amides is 1. The molecule has 2 N–H and O–H groups in total. The number of para-hydroxylation sites is 2. The van der Waals surface area contributed by atoms with Crippen LogP contribution in [0.15, 0.2) is 73.4 Å². The lowest BCUT2D eigenvalue weighted by molar-refractivity contribution is -0.111. The maximum absolute atomic E-state index is 11.7. The number of aromatic nitrogens is 2. The third-order valence-corrected chi connectivity index (χ3v) is 5.38. The molecule has 0 unspecified atom stereocenters. The fourth-order valence-corrected chi connectivity index (χ4v) is 3.50. The van der Waals surface area contributed by atoms with Gasteiger partial charge in [-0.15, -0.1) is 0 Å². The zero-order chi connectivity index (χ0) is 22.0. The Bertz CT molecular complexity index is 1290. The summed E-state index contributed by atoms with van der Waals surface area (Å²) in [5, 5.41) is 7.19. The molecule has 0 bridgehead atoms. The zero-order valence-electron chi connectivity index (χ0n) is 17.8. The van der Waals surface area contributed by atoms with Crippen molar-refractivity contribution in [2.45, 2.75) is 13.8 Å². The van der Waals surface area contributed by atoms with Gasteiger partial charge in [0.15, 0.2) is 0 Å². The molecule has 1 amide bonds. The number of carbonyl (C=O) groups excluding carboxylic acids is 1. The monoisotopic (exact) mass is 412 g/mol. The van der Waals surface area contributed by atoms with Crippen molar-refractivity contribution >= 4 is 34.0 Å². The lowest BCUT2D eigenvalue weighted by atomic mass is 10.1. The van der Waals surface area contributed by atoms with Gasteiger partial charge in [0.1, 0.15) is 17.3 Å². The molecule has 4 rings (SSSR count). The number of nitrogens with zero attached hydrogens (tertiary/aromatic N) is 2. The molecule has 6 heteroatoms. The van der Waals surface area contributed by atoms with Crippen molar-refractivity contribution in [3.63, 3.8) is 0 Å². The topological polar surface area (TPSA) is 68.2 Å². The first kappa shape index (κ1) is 20.2. The van der Waals surface area contributed by atoms with E-state index in [4.69, 9.17) is 4.74 Å². The molecule has 2 aromatic heterocycles. The molecule has 4 aromatic rings. The lowest BCUT2D eigenvalue weighted by Gasteiger charge is -2.13. The van der Waals surface area contributed by atoms with Gasteiger partial charge < -0.3 is 19.9 Å². The Morgan fingerprint density at radius 2 is 1.81 bits per heavy atom. The predicted octanol–water partition coefficient (Wildman–Crippen LogP) is 5.85. The van der Waals surface area contributed by atoms with Crippen LogP contribution in [0.25, 0.3) is 10.9 Å². The number of ether oxygens (including phenoxy) is 1. The fourth-order valence-electron chi connectivity index (χ4n) is 3.50. The van der Waals surface area contributed by atoms with E-state index in [1.165, 1.54) is 28.2 Å². The van der Waals surface area contributed by atoms with Crippen LogP contribution in [-0.2, 0) is 11.8 Å². The van der Waals surface area contributed by atoms with E-state index in [0.29, 0.717) is 17.3 Å². The van der Waals surface area contributed by atoms with Crippen LogP contribution in [-0.4, -0.2) is 15.5 Å². The number of fused-ring (bicyclic) bond motifs is 1. The molecule has 2 heterocycles. The normalized spacial score (nSPS) is 10.7. The van der Waals surface area contributed by atoms with Crippen LogP contribution in [0.3, 0.4) is 0 Å². The van der Waals surface area contributed by atoms with Gasteiger partial charge in [-0.05, 0) is 61.9 Å². The number of anilines is 3. The smallest absolute Gasteiger partial charge is 0.247 e. The molecule has 2 aromatic carbocycles. The third-order valence-electron chi connectivity index (χ3n) is 5.38. The maximum atomic E-state index is 11.7. The standard InChI is InChI=1S/C25H24N4O2/c1-5-25(30)28-22-9-7-6-8-21(22)27-24-15-19(12-13-26-24)31-18-10-11-23-20(14-18)16(2)17(3)29(23)4/h5-15H,1H2,2-4H3,(H,26,27)(H,28,30). The molecule has 0 atom stereocenters. The van der Waals surface area contributed by atoms with Gasteiger partial charge in [0.05, 0.1) is 11.4 Å². The van der Waals surface area contributed by atoms with E-state index in [1.807, 2.05) is 42.5 Å². The first-order valence-electron chi connectivity index (χ1n) is 9.95. The summed E-state index contributed by atoms with van der Waals surface area (Å²) < 4.78 is 8.29. The van der Waals surface area contributed by atoms with Crippen LogP contribution in [0.2, 0.25) is 0 Å². The molecule has 0 radical (unpaired) electrons. The van der Waals surface area contributed by atoms with Gasteiger partial charge in [0.2, 0.25) is 5.91 Å². The maximum Gasteiger partial charge on any atom is 0.247 e. The minimum absolute atomic E-state index is 0.277. The molecule has 0 fully saturated rings. The van der Waals surface area contributed by atoms with Gasteiger partial charge in [-0.1, -0.05) is 18.7 Å². The van der Waals surface area contributed by atoms with Crippen LogP contribution in [0, 0.1) is 13.8 Å². The fraction of sp³-hybridized carbons (Fsp3) is 0.120. The number of nitrogens with one attached hydrogen (secondary N) is 2. The van der Waals surface area contributed by atoms with Crippen molar-refractivity contribution in [3.8, 4) is 11.5 Å². The Balaban J connectivity index is 1.57. The molecule has 0 saturated heterocycles. The summed E-state index contributed by atoms with van der Waals surface area (Å²) in [6.07, 6.45) is 2.91. The average Bonchev–Trinajstić information content (AvgIpc) is 2.99. The third kappa shape index (κ3) is 4.14. The summed E-state index contributed by atoms with van der Waals surface area (Å²) in [7, 11) is 2.07. The summed E-state index contributed by atoms with van der Waals surface area (Å²) in [4.78, 5) is 16.1. The van der Waals surface area contributed by atoms with Gasteiger partial charge in [0.25, 0.3) is 0 Å². The highest BCUT2D eigenvalue weighted by molar-refractivity contribution is 6.01. The van der Waals surface area contributed by atoms with Crippen LogP contribution >= 0.6 is 0 Å². The highest BCUT2D eigenvalue weighted by Gasteiger charge is 2.10. The zero-order valence-corrected chi connectivity index (χ0v) is 17.8. The van der Waals surface area contributed by atoms with E-state index in [2.05, 4.69) is 59.8 Å². The van der Waals surface area contributed by atoms with Gasteiger partial charge in [-0.3, -0.25) is 4.79 Å². The average molecular weight is 412 g/mol. The van der Waals surface area contributed by atoms with Crippen molar-refractivity contribution in [1.82, 2.24) is 9.55 Å². The predicted molar refractivity (Wildman–Crippen MR) is 125 cm³/mol. The molecule has 31 heavy (non-hydrogen) atoms. The summed E-state index contributed by atoms with van der Waals surface area (Å²) in [5.74, 6) is 1.75. The molecule has 0 spiro atoms. The second kappa shape index (κ2) is 8.36. The minimum atomic E-state index is -0.277. The number of hydrogen-bond acceptors (Lipinski definition) is 4. The van der Waals surface area contributed by atoms with Gasteiger partial charge in [-0.25, -0.2) is 4.98 Å². The molecule has 6 nitrogen and oxygen atoms in total. The molecule has 0 saturated carbocycles. The van der Waals surface area contributed by atoms with E-state index in [0.717, 1.165) is 11.4 Å². The summed E-state index contributed by atoms with van der Waals surface area (Å²) in [6, 6.07) is 17.1. The number of carbonyl (C=O) groups is 1. The van der Waals surface area contributed by atoms with E-state index >= 15 is 0 Å². The minimum Gasteiger partial charge on any atom is -0.457 e. The van der Waals surface area contributed by atoms with Crippen LogP contribution in [0.4, 0.5) is 17.2 Å². The van der Waals surface area contributed by atoms with Crippen molar-refractivity contribution in [2.24, 2.45) is 7.05 Å². The first-order valence-corrected chi connectivity index (χ1v) is 9.95. The van der Waals surface area contributed by atoms with E-state index in [9.17, 15) is 4.79 Å². The van der Waals surface area contributed by atoms with E-state index in [-0.39, 0.29) is 5.91 Å². The van der Waals surface area contributed by atoms with Crippen molar-refractivity contribution in [3.05, 3.63) is 84.7 Å². The van der Waals surface area contributed by atoms with Crippen molar-refractivity contribution in [1.29, 1.82) is 0 Å². The Labute approximate surface area is 181 Å². The van der Waals surface area contributed by atoms with Crippen molar-refractivity contribution in [2.75, 3.05) is 10.6 Å². The number of aryl methyl sites for hydroxylation is 2. The van der Waals surface area contributed by atoms with Gasteiger partial charge >= 0.3 is 0 Å². The largest absolute Gasteiger partial charge is 0.457 e. The molecular weight excluding hydrogens is 388 g/mol. The SMILES string of the molecule is C=CC(=O)Nc1ccccc1Nc1cc(Oc2ccc3c(c2)c(C)c(C)n3C)ccn1. The molecule has 0 aliphatic rings. The highest BCUT2D eigenvalue weighted by atomic mass is 16.5. The summed E-state index contributed by atoms with van der Waals surface area (Å²) in [6.45, 7) is 7.73. The second-order valence-corrected chi connectivity index (χ2v) is 7.29. The van der Waals surface area contributed by atoms with E-state index in [1.54, 1.807) is 6.20 Å². The number of pyridine rings is 1. The lowest BCUT2D eigenvalue weighted by Crippen LogP contribution is -2.09. The summed E-state index contributed by atoms with van der Waals surface area (Å²) >= 11 is 0. The molecule has 0 aliphatic heterocycles. The molecular formula is C25H24N4O2. The van der Waals surface area contributed by atoms with Crippen molar-refractivity contribution < 1.29 is 9.53 Å². The first-order chi connectivity index (χ1) is 15.0. The molecule has 0 aliphatic carbocycles. The van der Waals surface area contributed by atoms with Gasteiger partial charge in [-0.2, -0.15) is 0 Å². The number of hydrogen-bond donors (Lipinski definition) is 2. The molecule has 156 valence electrons. The van der Waals surface area contributed by atoms with Crippen LogP contribution in [0.5, 0.6) is 11.5 Å². The summed E-state index contributed by atoms with van der Waals surface area (Å²) in [5.41, 5.74) is 5.03. The van der Waals surface area contributed by atoms with Crippen LogP contribution in [0.1, 0.15) is 11.3 Å². The Morgan fingerprint density at radius 3 is 2.58 bits per heavy atom. The second-order valence-electron chi connectivity index (χ2n) is 7.29. The number of benzene rings is 2. The Kier molecular flexibility index (Phi) is 5.45. The van der Waals surface area contributed by atoms with E-state index < -0.39 is 0 Å². The van der Waals surface area contributed by atoms with Gasteiger partial charge in [0, 0.05) is 35.9 Å². The number of rotatable bonds is 6.